The summed E-state index contributed by atoms with van der Waals surface area (Å²) in [6.07, 6.45) is -2.29. The topological polar surface area (TPSA) is 72.5 Å². The van der Waals surface area contributed by atoms with Crippen LogP contribution >= 0.6 is 11.6 Å². The second-order valence-electron chi connectivity index (χ2n) is 3.47. The fourth-order valence-corrected chi connectivity index (χ4v) is 1.55. The molecule has 0 bridgehead atoms. The second kappa shape index (κ2) is 5.97. The maximum Gasteiger partial charge on any atom is 0.342 e. The van der Waals surface area contributed by atoms with E-state index >= 15 is 0 Å². The molecule has 1 aromatic carbocycles. The van der Waals surface area contributed by atoms with Crippen LogP contribution in [0.15, 0.2) is 12.1 Å². The van der Waals surface area contributed by atoms with Crippen LogP contribution in [0.4, 0.5) is 8.78 Å². The summed E-state index contributed by atoms with van der Waals surface area (Å²) in [5.74, 6) is -2.85. The molecule has 0 aliphatic rings. The van der Waals surface area contributed by atoms with Crippen molar-refractivity contribution in [3.63, 3.8) is 0 Å². The van der Waals surface area contributed by atoms with E-state index in [0.717, 1.165) is 12.1 Å². The van der Waals surface area contributed by atoms with Gasteiger partial charge in [-0.2, -0.15) is 0 Å². The highest BCUT2D eigenvalue weighted by Gasteiger charge is 2.32. The van der Waals surface area contributed by atoms with Crippen molar-refractivity contribution in [1.29, 1.82) is 0 Å². The Labute approximate surface area is 107 Å². The number of carbonyl (C=O) groups is 1. The SMILES string of the molecule is CCOC(=O)C(F)[C@@H](N)c1c(F)ccc(Cl)c1O. The monoisotopic (exact) mass is 279 g/mol. The van der Waals surface area contributed by atoms with E-state index in [2.05, 4.69) is 4.74 Å². The molecule has 0 amide bonds. The normalized spacial score (nSPS) is 14.1. The van der Waals surface area contributed by atoms with E-state index in [1.807, 2.05) is 0 Å². The maximum atomic E-state index is 13.6. The van der Waals surface area contributed by atoms with Gasteiger partial charge in [-0.25, -0.2) is 13.6 Å². The highest BCUT2D eigenvalue weighted by Crippen LogP contribution is 2.34. The first-order valence-electron chi connectivity index (χ1n) is 5.13. The third kappa shape index (κ3) is 2.88. The lowest BCUT2D eigenvalue weighted by atomic mass is 10.0. The van der Waals surface area contributed by atoms with Crippen molar-refractivity contribution >= 4 is 17.6 Å². The van der Waals surface area contributed by atoms with Gasteiger partial charge in [0.25, 0.3) is 0 Å². The van der Waals surface area contributed by atoms with Gasteiger partial charge in [-0.3, -0.25) is 0 Å². The summed E-state index contributed by atoms with van der Waals surface area (Å²) in [5.41, 5.74) is 4.85. The van der Waals surface area contributed by atoms with Crippen molar-refractivity contribution in [2.45, 2.75) is 19.1 Å². The Morgan fingerprint density at radius 1 is 1.61 bits per heavy atom. The van der Waals surface area contributed by atoms with Crippen molar-refractivity contribution < 1.29 is 23.4 Å². The summed E-state index contributed by atoms with van der Waals surface area (Å²) in [4.78, 5) is 11.2. The van der Waals surface area contributed by atoms with Gasteiger partial charge in [0.15, 0.2) is 0 Å². The van der Waals surface area contributed by atoms with Gasteiger partial charge in [-0.1, -0.05) is 11.6 Å². The number of hydrogen-bond donors (Lipinski definition) is 2. The Hall–Kier alpha value is -1.40. The van der Waals surface area contributed by atoms with E-state index in [1.54, 1.807) is 0 Å². The summed E-state index contributed by atoms with van der Waals surface area (Å²) in [5, 5.41) is 9.36. The molecule has 4 nitrogen and oxygen atoms in total. The largest absolute Gasteiger partial charge is 0.506 e. The molecule has 0 aliphatic carbocycles. The third-order valence-electron chi connectivity index (χ3n) is 2.28. The predicted molar refractivity (Wildman–Crippen MR) is 61.5 cm³/mol. The highest BCUT2D eigenvalue weighted by atomic mass is 35.5. The molecule has 0 spiro atoms. The Balaban J connectivity index is 3.07. The Bertz CT molecular complexity index is 456. The molecule has 0 aromatic heterocycles. The van der Waals surface area contributed by atoms with Crippen LogP contribution in [-0.2, 0) is 9.53 Å². The molecule has 0 heterocycles. The van der Waals surface area contributed by atoms with Crippen LogP contribution < -0.4 is 5.73 Å². The standard InChI is InChI=1S/C11H12ClF2NO3/c1-2-18-11(17)8(14)9(15)7-6(13)4-3-5(12)10(7)16/h3-4,8-9,16H,2,15H2,1H3/t8?,9-/m0/s1. The number of esters is 1. The van der Waals surface area contributed by atoms with Gasteiger partial charge in [0.1, 0.15) is 11.6 Å². The van der Waals surface area contributed by atoms with Crippen molar-refractivity contribution in [3.8, 4) is 5.75 Å². The second-order valence-corrected chi connectivity index (χ2v) is 3.88. The maximum absolute atomic E-state index is 13.6. The zero-order chi connectivity index (χ0) is 13.9. The van der Waals surface area contributed by atoms with E-state index in [1.165, 1.54) is 6.92 Å². The van der Waals surface area contributed by atoms with Gasteiger partial charge < -0.3 is 15.6 Å². The number of phenolic OH excluding ortho intramolecular Hbond substituents is 1. The van der Waals surface area contributed by atoms with Gasteiger partial charge in [-0.15, -0.1) is 0 Å². The highest BCUT2D eigenvalue weighted by molar-refractivity contribution is 6.32. The van der Waals surface area contributed by atoms with E-state index in [-0.39, 0.29) is 11.6 Å². The first-order valence-corrected chi connectivity index (χ1v) is 5.51. The molecule has 2 atom stereocenters. The van der Waals surface area contributed by atoms with Crippen LogP contribution in [-0.4, -0.2) is 23.9 Å². The first kappa shape index (κ1) is 14.7. The number of ether oxygens (including phenoxy) is 1. The molecular formula is C11H12ClF2NO3. The minimum atomic E-state index is -2.29. The van der Waals surface area contributed by atoms with Gasteiger partial charge in [0.2, 0.25) is 6.17 Å². The van der Waals surface area contributed by atoms with E-state index in [9.17, 15) is 18.7 Å². The number of carbonyl (C=O) groups excluding carboxylic acids is 1. The van der Waals surface area contributed by atoms with Crippen molar-refractivity contribution in [3.05, 3.63) is 28.5 Å². The number of rotatable bonds is 4. The Morgan fingerprint density at radius 2 is 2.22 bits per heavy atom. The third-order valence-corrected chi connectivity index (χ3v) is 2.58. The molecule has 100 valence electrons. The van der Waals surface area contributed by atoms with Crippen LogP contribution in [0.3, 0.4) is 0 Å². The smallest absolute Gasteiger partial charge is 0.342 e. The fraction of sp³-hybridized carbons (Fsp3) is 0.364. The molecule has 1 rings (SSSR count). The summed E-state index contributed by atoms with van der Waals surface area (Å²) in [6, 6.07) is 0.331. The minimum absolute atomic E-state index is 0.0318. The average Bonchev–Trinajstić information content (AvgIpc) is 2.33. The van der Waals surface area contributed by atoms with Crippen molar-refractivity contribution in [2.24, 2.45) is 5.73 Å². The van der Waals surface area contributed by atoms with Crippen LogP contribution in [0.2, 0.25) is 5.02 Å². The number of nitrogens with two attached hydrogens (primary N) is 1. The number of phenols is 1. The number of hydrogen-bond acceptors (Lipinski definition) is 4. The summed E-state index contributed by atoms with van der Waals surface area (Å²) < 4.78 is 31.5. The van der Waals surface area contributed by atoms with Crippen LogP contribution in [0.1, 0.15) is 18.5 Å². The molecule has 0 radical (unpaired) electrons. The van der Waals surface area contributed by atoms with Crippen LogP contribution in [0, 0.1) is 5.82 Å². The number of aromatic hydroxyl groups is 1. The lowest BCUT2D eigenvalue weighted by molar-refractivity contribution is -0.149. The molecule has 3 N–H and O–H groups in total. The van der Waals surface area contributed by atoms with Gasteiger partial charge in [0.05, 0.1) is 23.2 Å². The van der Waals surface area contributed by atoms with Crippen LogP contribution in [0.5, 0.6) is 5.75 Å². The van der Waals surface area contributed by atoms with Crippen LogP contribution in [0.25, 0.3) is 0 Å². The number of benzene rings is 1. The minimum Gasteiger partial charge on any atom is -0.506 e. The first-order chi connectivity index (χ1) is 8.40. The average molecular weight is 280 g/mol. The Morgan fingerprint density at radius 3 is 2.78 bits per heavy atom. The summed E-state index contributed by atoms with van der Waals surface area (Å²) in [6.45, 7) is 1.46. The number of alkyl halides is 1. The predicted octanol–water partition coefficient (Wildman–Crippen LogP) is 2.09. The zero-order valence-corrected chi connectivity index (χ0v) is 10.2. The Kier molecular flexibility index (Phi) is 4.86. The quantitative estimate of drug-likeness (QED) is 0.828. The molecule has 0 saturated heterocycles. The molecule has 1 unspecified atom stereocenters. The number of halogens is 3. The van der Waals surface area contributed by atoms with Gasteiger partial charge in [-0.05, 0) is 19.1 Å². The molecule has 1 aromatic rings. The molecule has 0 saturated carbocycles. The van der Waals surface area contributed by atoms with Gasteiger partial charge >= 0.3 is 5.97 Å². The zero-order valence-electron chi connectivity index (χ0n) is 9.49. The fourth-order valence-electron chi connectivity index (χ4n) is 1.39. The van der Waals surface area contributed by atoms with E-state index < -0.39 is 35.3 Å². The molecule has 0 aliphatic heterocycles. The van der Waals surface area contributed by atoms with Crippen molar-refractivity contribution in [1.82, 2.24) is 0 Å². The van der Waals surface area contributed by atoms with E-state index in [0.29, 0.717) is 0 Å². The molecule has 0 fully saturated rings. The molecule has 18 heavy (non-hydrogen) atoms. The lowest BCUT2D eigenvalue weighted by Gasteiger charge is -2.18. The van der Waals surface area contributed by atoms with E-state index in [4.69, 9.17) is 17.3 Å². The summed E-state index contributed by atoms with van der Waals surface area (Å²) >= 11 is 5.56. The lowest BCUT2D eigenvalue weighted by Crippen LogP contribution is -2.32. The van der Waals surface area contributed by atoms with Crippen molar-refractivity contribution in [2.75, 3.05) is 6.61 Å². The van der Waals surface area contributed by atoms with Gasteiger partial charge in [0, 0.05) is 0 Å². The summed E-state index contributed by atoms with van der Waals surface area (Å²) in [7, 11) is 0. The molecular weight excluding hydrogens is 268 g/mol. The molecule has 7 heteroatoms.